The fraction of sp³-hybridized carbons (Fsp3) is 1.00. The van der Waals surface area contributed by atoms with Gasteiger partial charge in [0.25, 0.3) is 0 Å². The van der Waals surface area contributed by atoms with Gasteiger partial charge in [-0.15, -0.1) is 0 Å². The Balaban J connectivity index is 2.05. The summed E-state index contributed by atoms with van der Waals surface area (Å²) in [5.74, 6) is 1.06. The fourth-order valence-electron chi connectivity index (χ4n) is 2.85. The molecule has 0 aromatic rings. The predicted molar refractivity (Wildman–Crippen MR) is 81.7 cm³/mol. The van der Waals surface area contributed by atoms with Gasteiger partial charge in [-0.3, -0.25) is 0 Å². The van der Waals surface area contributed by atoms with Crippen molar-refractivity contribution >= 4 is 0 Å². The average Bonchev–Trinajstić information content (AvgIpc) is 2.44. The lowest BCUT2D eigenvalue weighted by Crippen LogP contribution is -2.44. The Kier molecular flexibility index (Phi) is 9.44. The molecule has 0 amide bonds. The summed E-state index contributed by atoms with van der Waals surface area (Å²) in [4.78, 5) is 0. The second kappa shape index (κ2) is 10.6. The predicted octanol–water partition coefficient (Wildman–Crippen LogP) is 1.94. The van der Waals surface area contributed by atoms with E-state index in [-0.39, 0.29) is 6.61 Å². The van der Waals surface area contributed by atoms with E-state index in [4.69, 9.17) is 4.74 Å². The molecule has 1 saturated carbocycles. The number of ether oxygens (including phenoxy) is 1. The molecule has 0 saturated heterocycles. The first-order valence-electron chi connectivity index (χ1n) is 8.23. The Hall–Kier alpha value is -0.160. The van der Waals surface area contributed by atoms with Crippen LogP contribution in [0.4, 0.5) is 0 Å². The van der Waals surface area contributed by atoms with E-state index in [0.29, 0.717) is 31.0 Å². The van der Waals surface area contributed by atoms with Crippen molar-refractivity contribution in [3.05, 3.63) is 0 Å². The Morgan fingerprint density at radius 1 is 1.25 bits per heavy atom. The van der Waals surface area contributed by atoms with E-state index in [1.54, 1.807) is 0 Å². The molecule has 3 unspecified atom stereocenters. The zero-order valence-electron chi connectivity index (χ0n) is 13.2. The highest BCUT2D eigenvalue weighted by Gasteiger charge is 2.24. The molecule has 0 spiro atoms. The SMILES string of the molecule is CC(C)CCCOCC(O)CNC1CCCCC1CO. The molecule has 1 rings (SSSR count). The van der Waals surface area contributed by atoms with Crippen molar-refractivity contribution in [1.82, 2.24) is 5.32 Å². The summed E-state index contributed by atoms with van der Waals surface area (Å²) in [7, 11) is 0. The fourth-order valence-corrected chi connectivity index (χ4v) is 2.85. The van der Waals surface area contributed by atoms with Gasteiger partial charge in [-0.1, -0.05) is 26.7 Å². The van der Waals surface area contributed by atoms with Gasteiger partial charge in [-0.05, 0) is 37.5 Å². The van der Waals surface area contributed by atoms with Crippen molar-refractivity contribution in [2.75, 3.05) is 26.4 Å². The summed E-state index contributed by atoms with van der Waals surface area (Å²) in [6.45, 7) is 6.37. The Labute approximate surface area is 123 Å². The van der Waals surface area contributed by atoms with Crippen LogP contribution in [0.2, 0.25) is 0 Å². The Morgan fingerprint density at radius 3 is 2.70 bits per heavy atom. The molecule has 4 nitrogen and oxygen atoms in total. The van der Waals surface area contributed by atoms with Crippen LogP contribution in [0, 0.1) is 11.8 Å². The van der Waals surface area contributed by atoms with Gasteiger partial charge in [0.2, 0.25) is 0 Å². The first-order valence-corrected chi connectivity index (χ1v) is 8.23. The van der Waals surface area contributed by atoms with Gasteiger partial charge >= 0.3 is 0 Å². The van der Waals surface area contributed by atoms with E-state index in [2.05, 4.69) is 19.2 Å². The molecule has 4 heteroatoms. The van der Waals surface area contributed by atoms with Crippen LogP contribution in [0.1, 0.15) is 52.4 Å². The smallest absolute Gasteiger partial charge is 0.0897 e. The summed E-state index contributed by atoms with van der Waals surface area (Å²) < 4.78 is 5.50. The quantitative estimate of drug-likeness (QED) is 0.537. The molecular weight excluding hydrogens is 254 g/mol. The van der Waals surface area contributed by atoms with Gasteiger partial charge in [-0.25, -0.2) is 0 Å². The summed E-state index contributed by atoms with van der Waals surface area (Å²) in [5, 5.41) is 22.6. The molecule has 20 heavy (non-hydrogen) atoms. The van der Waals surface area contributed by atoms with E-state index in [0.717, 1.165) is 25.9 Å². The van der Waals surface area contributed by atoms with Crippen LogP contribution in [-0.4, -0.2) is 48.7 Å². The molecule has 0 bridgehead atoms. The number of hydrogen-bond acceptors (Lipinski definition) is 4. The molecule has 0 heterocycles. The number of nitrogens with one attached hydrogen (secondary N) is 1. The van der Waals surface area contributed by atoms with Crippen molar-refractivity contribution < 1.29 is 14.9 Å². The first kappa shape index (κ1) is 17.9. The largest absolute Gasteiger partial charge is 0.396 e. The normalized spacial score (nSPS) is 25.1. The zero-order chi connectivity index (χ0) is 14.8. The topological polar surface area (TPSA) is 61.7 Å². The number of aliphatic hydroxyl groups excluding tert-OH is 2. The summed E-state index contributed by atoms with van der Waals surface area (Å²) in [5.41, 5.74) is 0. The van der Waals surface area contributed by atoms with E-state index >= 15 is 0 Å². The lowest BCUT2D eigenvalue weighted by Gasteiger charge is -2.31. The first-order chi connectivity index (χ1) is 9.63. The molecule has 1 fully saturated rings. The summed E-state index contributed by atoms with van der Waals surface area (Å²) in [6.07, 6.45) is 6.42. The minimum atomic E-state index is -0.449. The lowest BCUT2D eigenvalue weighted by molar-refractivity contribution is 0.0301. The molecule has 0 aromatic heterocycles. The minimum absolute atomic E-state index is 0.249. The molecular formula is C16H33NO3. The third-order valence-corrected chi connectivity index (χ3v) is 4.14. The van der Waals surface area contributed by atoms with Gasteiger partial charge in [-0.2, -0.15) is 0 Å². The van der Waals surface area contributed by atoms with Crippen LogP contribution >= 0.6 is 0 Å². The van der Waals surface area contributed by atoms with E-state index in [1.165, 1.54) is 19.3 Å². The van der Waals surface area contributed by atoms with Crippen LogP contribution in [0.15, 0.2) is 0 Å². The van der Waals surface area contributed by atoms with Crippen molar-refractivity contribution in [1.29, 1.82) is 0 Å². The van der Waals surface area contributed by atoms with Crippen LogP contribution in [-0.2, 0) is 4.74 Å². The molecule has 120 valence electrons. The Morgan fingerprint density at radius 2 is 2.00 bits per heavy atom. The minimum Gasteiger partial charge on any atom is -0.396 e. The van der Waals surface area contributed by atoms with Gasteiger partial charge in [0, 0.05) is 25.8 Å². The maximum atomic E-state index is 9.90. The van der Waals surface area contributed by atoms with Crippen LogP contribution < -0.4 is 5.32 Å². The maximum absolute atomic E-state index is 9.90. The van der Waals surface area contributed by atoms with Gasteiger partial charge in [0.1, 0.15) is 0 Å². The average molecular weight is 287 g/mol. The van der Waals surface area contributed by atoms with Crippen molar-refractivity contribution in [2.24, 2.45) is 11.8 Å². The lowest BCUT2D eigenvalue weighted by atomic mass is 9.85. The number of rotatable bonds is 10. The third-order valence-electron chi connectivity index (χ3n) is 4.14. The summed E-state index contributed by atoms with van der Waals surface area (Å²) >= 11 is 0. The van der Waals surface area contributed by atoms with Crippen LogP contribution in [0.5, 0.6) is 0 Å². The molecule has 0 aromatic carbocycles. The van der Waals surface area contributed by atoms with Gasteiger partial charge < -0.3 is 20.3 Å². The van der Waals surface area contributed by atoms with Crippen molar-refractivity contribution in [2.45, 2.75) is 64.5 Å². The van der Waals surface area contributed by atoms with Gasteiger partial charge in [0.15, 0.2) is 0 Å². The van der Waals surface area contributed by atoms with Crippen molar-refractivity contribution in [3.63, 3.8) is 0 Å². The van der Waals surface area contributed by atoms with Crippen LogP contribution in [0.3, 0.4) is 0 Å². The number of hydrogen-bond donors (Lipinski definition) is 3. The molecule has 3 N–H and O–H groups in total. The van der Waals surface area contributed by atoms with E-state index in [1.807, 2.05) is 0 Å². The monoisotopic (exact) mass is 287 g/mol. The van der Waals surface area contributed by atoms with Crippen molar-refractivity contribution in [3.8, 4) is 0 Å². The molecule has 0 radical (unpaired) electrons. The number of aliphatic hydroxyl groups is 2. The van der Waals surface area contributed by atoms with E-state index < -0.39 is 6.10 Å². The Bertz CT molecular complexity index is 236. The van der Waals surface area contributed by atoms with Crippen LogP contribution in [0.25, 0.3) is 0 Å². The molecule has 1 aliphatic carbocycles. The third kappa shape index (κ3) is 7.58. The highest BCUT2D eigenvalue weighted by molar-refractivity contribution is 4.81. The highest BCUT2D eigenvalue weighted by atomic mass is 16.5. The molecule has 3 atom stereocenters. The zero-order valence-corrected chi connectivity index (χ0v) is 13.2. The molecule has 1 aliphatic rings. The standard InChI is InChI=1S/C16H33NO3/c1-13(2)6-5-9-20-12-15(19)10-17-16-8-4-3-7-14(16)11-18/h13-19H,3-12H2,1-2H3. The van der Waals surface area contributed by atoms with E-state index in [9.17, 15) is 10.2 Å². The maximum Gasteiger partial charge on any atom is 0.0897 e. The highest BCUT2D eigenvalue weighted by Crippen LogP contribution is 2.23. The second-order valence-electron chi connectivity index (χ2n) is 6.51. The summed E-state index contributed by atoms with van der Waals surface area (Å²) in [6, 6.07) is 0.351. The second-order valence-corrected chi connectivity index (χ2v) is 6.51. The molecule has 0 aliphatic heterocycles. The van der Waals surface area contributed by atoms with Gasteiger partial charge in [0.05, 0.1) is 12.7 Å².